The van der Waals surface area contributed by atoms with Gasteiger partial charge in [0.2, 0.25) is 5.91 Å². The highest BCUT2D eigenvalue weighted by Gasteiger charge is 2.22. The van der Waals surface area contributed by atoms with Crippen LogP contribution >= 0.6 is 0 Å². The zero-order valence-corrected chi connectivity index (χ0v) is 14.7. The minimum atomic E-state index is -1.22. The molecule has 25 heavy (non-hydrogen) atoms. The molecule has 0 saturated heterocycles. The first-order valence-electron chi connectivity index (χ1n) is 8.04. The van der Waals surface area contributed by atoms with Crippen molar-refractivity contribution in [3.05, 3.63) is 29.8 Å². The quantitative estimate of drug-likeness (QED) is 0.586. The van der Waals surface area contributed by atoms with Crippen LogP contribution in [0.2, 0.25) is 0 Å². The highest BCUT2D eigenvalue weighted by Crippen LogP contribution is 2.17. The number of rotatable bonds is 9. The smallest absolute Gasteiger partial charge is 0.408 e. The van der Waals surface area contributed by atoms with Crippen LogP contribution in [0, 0.1) is 0 Å². The Bertz CT molecular complexity index is 586. The normalized spacial score (nSPS) is 11.7. The van der Waals surface area contributed by atoms with Crippen LogP contribution in [0.25, 0.3) is 0 Å². The van der Waals surface area contributed by atoms with Crippen LogP contribution < -0.4 is 10.6 Å². The maximum atomic E-state index is 11.7. The Morgan fingerprint density at radius 1 is 1.20 bits per heavy atom. The highest BCUT2D eigenvalue weighted by atomic mass is 16.5. The Labute approximate surface area is 147 Å². The molecule has 1 unspecified atom stereocenters. The molecule has 1 rings (SSSR count). The minimum Gasteiger partial charge on any atom is -0.479 e. The lowest BCUT2D eigenvalue weighted by Gasteiger charge is -2.16. The minimum absolute atomic E-state index is 0.176. The van der Waals surface area contributed by atoms with Crippen molar-refractivity contribution in [2.75, 3.05) is 32.6 Å². The van der Waals surface area contributed by atoms with Crippen molar-refractivity contribution >= 4 is 23.7 Å². The molecule has 0 spiro atoms. The molecule has 0 bridgehead atoms. The molecule has 0 aliphatic carbocycles. The van der Waals surface area contributed by atoms with Crippen LogP contribution in [0.3, 0.4) is 0 Å². The number of hydrogen-bond donors (Lipinski definition) is 3. The van der Waals surface area contributed by atoms with Gasteiger partial charge in [0.1, 0.15) is 0 Å². The third kappa shape index (κ3) is 7.67. The fraction of sp³-hybridized carbons (Fsp3) is 0.471. The summed E-state index contributed by atoms with van der Waals surface area (Å²) >= 11 is 0. The van der Waals surface area contributed by atoms with Gasteiger partial charge in [-0.25, -0.2) is 9.59 Å². The van der Waals surface area contributed by atoms with Gasteiger partial charge in [-0.15, -0.1) is 0 Å². The van der Waals surface area contributed by atoms with Gasteiger partial charge in [-0.2, -0.15) is 0 Å². The maximum Gasteiger partial charge on any atom is 0.408 e. The van der Waals surface area contributed by atoms with E-state index in [1.807, 2.05) is 6.92 Å². The summed E-state index contributed by atoms with van der Waals surface area (Å²) < 4.78 is 4.92. The number of nitrogens with one attached hydrogen (secondary N) is 2. The molecule has 1 aromatic carbocycles. The second-order valence-corrected chi connectivity index (χ2v) is 5.81. The molecule has 2 amide bonds. The Kier molecular flexibility index (Phi) is 8.42. The molecule has 0 fully saturated rings. The first-order valence-corrected chi connectivity index (χ1v) is 8.04. The standard InChI is InChI=1S/C17H25N3O5/c1-4-5-10-25-17(24)19-15(16(22)23)12-6-8-13(9-7-12)18-14(21)11-20(2)3/h6-9,15H,4-5,10-11H2,1-3H3,(H,18,21)(H,19,24)(H,22,23). The molecule has 0 aromatic heterocycles. The third-order valence-electron chi connectivity index (χ3n) is 3.23. The van der Waals surface area contributed by atoms with E-state index in [9.17, 15) is 19.5 Å². The molecule has 8 heteroatoms. The first kappa shape index (κ1) is 20.4. The molecule has 0 heterocycles. The number of ether oxygens (including phenoxy) is 1. The van der Waals surface area contributed by atoms with Gasteiger partial charge < -0.3 is 25.4 Å². The van der Waals surface area contributed by atoms with Gasteiger partial charge in [0.15, 0.2) is 6.04 Å². The fourth-order valence-electron chi connectivity index (χ4n) is 2.00. The van der Waals surface area contributed by atoms with Crippen LogP contribution in [0.4, 0.5) is 10.5 Å². The Morgan fingerprint density at radius 2 is 1.84 bits per heavy atom. The summed E-state index contributed by atoms with van der Waals surface area (Å²) in [6.45, 7) is 2.44. The van der Waals surface area contributed by atoms with Crippen molar-refractivity contribution in [2.45, 2.75) is 25.8 Å². The van der Waals surface area contributed by atoms with E-state index in [1.54, 1.807) is 31.1 Å². The van der Waals surface area contributed by atoms with E-state index in [0.717, 1.165) is 6.42 Å². The lowest BCUT2D eigenvalue weighted by Crippen LogP contribution is -2.34. The van der Waals surface area contributed by atoms with E-state index in [1.165, 1.54) is 12.1 Å². The summed E-state index contributed by atoms with van der Waals surface area (Å²) in [4.78, 5) is 36.5. The molecule has 1 atom stereocenters. The van der Waals surface area contributed by atoms with Gasteiger partial charge in [-0.1, -0.05) is 25.5 Å². The van der Waals surface area contributed by atoms with E-state index in [4.69, 9.17) is 4.74 Å². The van der Waals surface area contributed by atoms with Crippen LogP contribution in [0.1, 0.15) is 31.4 Å². The van der Waals surface area contributed by atoms with Crippen molar-refractivity contribution in [1.29, 1.82) is 0 Å². The number of carboxylic acids is 1. The molecule has 8 nitrogen and oxygen atoms in total. The SMILES string of the molecule is CCCCOC(=O)NC(C(=O)O)c1ccc(NC(=O)CN(C)C)cc1. The molecule has 0 saturated carbocycles. The predicted octanol–water partition coefficient (Wildman–Crippen LogP) is 1.84. The second-order valence-electron chi connectivity index (χ2n) is 5.81. The summed E-state index contributed by atoms with van der Waals surface area (Å²) in [5.74, 6) is -1.37. The van der Waals surface area contributed by atoms with Crippen molar-refractivity contribution in [2.24, 2.45) is 0 Å². The molecule has 1 aromatic rings. The topological polar surface area (TPSA) is 108 Å². The number of aliphatic carboxylic acids is 1. The Balaban J connectivity index is 2.70. The number of carbonyl (C=O) groups excluding carboxylic acids is 2. The molecular formula is C17H25N3O5. The zero-order valence-electron chi connectivity index (χ0n) is 14.7. The van der Waals surface area contributed by atoms with E-state index in [-0.39, 0.29) is 19.1 Å². The van der Waals surface area contributed by atoms with E-state index >= 15 is 0 Å². The summed E-state index contributed by atoms with van der Waals surface area (Å²) in [6, 6.07) is 5.03. The number of anilines is 1. The summed E-state index contributed by atoms with van der Waals surface area (Å²) in [6.07, 6.45) is 0.813. The number of carbonyl (C=O) groups is 3. The number of amides is 2. The number of carboxylic acid groups (broad SMARTS) is 1. The van der Waals surface area contributed by atoms with Gasteiger partial charge in [0.05, 0.1) is 13.2 Å². The van der Waals surface area contributed by atoms with Gasteiger partial charge in [0, 0.05) is 5.69 Å². The lowest BCUT2D eigenvalue weighted by atomic mass is 10.1. The van der Waals surface area contributed by atoms with E-state index < -0.39 is 18.1 Å². The van der Waals surface area contributed by atoms with Gasteiger partial charge >= 0.3 is 12.1 Å². The monoisotopic (exact) mass is 351 g/mol. The highest BCUT2D eigenvalue weighted by molar-refractivity contribution is 5.92. The van der Waals surface area contributed by atoms with E-state index in [2.05, 4.69) is 10.6 Å². The average molecular weight is 351 g/mol. The summed E-state index contributed by atoms with van der Waals surface area (Å²) in [5.41, 5.74) is 0.927. The Hall–Kier alpha value is -2.61. The van der Waals surface area contributed by atoms with Crippen LogP contribution in [0.15, 0.2) is 24.3 Å². The molecular weight excluding hydrogens is 326 g/mol. The van der Waals surface area contributed by atoms with Crippen molar-refractivity contribution < 1.29 is 24.2 Å². The molecule has 138 valence electrons. The number of benzene rings is 1. The summed E-state index contributed by atoms with van der Waals surface area (Å²) in [7, 11) is 3.57. The Morgan fingerprint density at radius 3 is 2.36 bits per heavy atom. The molecule has 3 N–H and O–H groups in total. The second kappa shape index (κ2) is 10.3. The third-order valence-corrected chi connectivity index (χ3v) is 3.23. The number of hydrogen-bond acceptors (Lipinski definition) is 5. The lowest BCUT2D eigenvalue weighted by molar-refractivity contribution is -0.139. The van der Waals surface area contributed by atoms with Crippen molar-refractivity contribution in [3.63, 3.8) is 0 Å². The average Bonchev–Trinajstić information content (AvgIpc) is 2.52. The molecule has 0 aliphatic rings. The van der Waals surface area contributed by atoms with Crippen molar-refractivity contribution in [1.82, 2.24) is 10.2 Å². The predicted molar refractivity (Wildman–Crippen MR) is 93.4 cm³/mol. The van der Waals surface area contributed by atoms with Crippen molar-refractivity contribution in [3.8, 4) is 0 Å². The van der Waals surface area contributed by atoms with Crippen LogP contribution in [-0.2, 0) is 14.3 Å². The van der Waals surface area contributed by atoms with Crippen LogP contribution in [0.5, 0.6) is 0 Å². The molecule has 0 aliphatic heterocycles. The number of nitrogens with zero attached hydrogens (tertiary/aromatic N) is 1. The molecule has 0 radical (unpaired) electrons. The van der Waals surface area contributed by atoms with Gasteiger partial charge in [-0.3, -0.25) is 4.79 Å². The van der Waals surface area contributed by atoms with Gasteiger partial charge in [-0.05, 0) is 38.2 Å². The number of unbranched alkanes of at least 4 members (excludes halogenated alkanes) is 1. The maximum absolute atomic E-state index is 11.7. The first-order chi connectivity index (χ1) is 11.8. The van der Waals surface area contributed by atoms with Crippen LogP contribution in [-0.4, -0.2) is 55.2 Å². The zero-order chi connectivity index (χ0) is 18.8. The largest absolute Gasteiger partial charge is 0.479 e. The fourth-order valence-corrected chi connectivity index (χ4v) is 2.00. The number of alkyl carbamates (subject to hydrolysis) is 1. The van der Waals surface area contributed by atoms with E-state index in [0.29, 0.717) is 17.7 Å². The summed E-state index contributed by atoms with van der Waals surface area (Å²) in [5, 5.41) is 14.3. The van der Waals surface area contributed by atoms with Gasteiger partial charge in [0.25, 0.3) is 0 Å². The number of likely N-dealkylation sites (N-methyl/N-ethyl adjacent to an activating group) is 1.